The number of benzene rings is 3. The number of ether oxygens (including phenoxy) is 3. The SMILES string of the molecule is CCOC(=O)c1c(CCCOc2cccc3cc(F)ccc23)c2ccc(Cl)c3c2n1CCCCOC(CCO[Si](C)(C)C(C)(C)C)c1nn(C)c(CC)c1-3. The minimum absolute atomic E-state index is 0.0965. The molecule has 2 aromatic heterocycles. The molecule has 6 rings (SSSR count). The van der Waals surface area contributed by atoms with Gasteiger partial charge in [0.1, 0.15) is 23.4 Å². The highest BCUT2D eigenvalue weighted by atomic mass is 35.5. The van der Waals surface area contributed by atoms with Gasteiger partial charge in [-0.05, 0) is 98.4 Å². The summed E-state index contributed by atoms with van der Waals surface area (Å²) in [5.74, 6) is 0.0691. The van der Waals surface area contributed by atoms with Crippen LogP contribution in [0.4, 0.5) is 4.39 Å². The van der Waals surface area contributed by atoms with Gasteiger partial charge in [0, 0.05) is 60.8 Å². The first kappa shape index (κ1) is 40.0. The van der Waals surface area contributed by atoms with E-state index in [9.17, 15) is 9.18 Å². The zero-order chi connectivity index (χ0) is 38.8. The van der Waals surface area contributed by atoms with Crippen LogP contribution in [0.1, 0.15) is 93.8 Å². The molecule has 8 nitrogen and oxygen atoms in total. The van der Waals surface area contributed by atoms with Gasteiger partial charge in [0.25, 0.3) is 0 Å². The molecule has 0 saturated carbocycles. The van der Waals surface area contributed by atoms with Crippen LogP contribution in [0.15, 0.2) is 48.5 Å². The van der Waals surface area contributed by atoms with Crippen molar-refractivity contribution in [2.45, 2.75) is 104 Å². The molecule has 0 N–H and O–H groups in total. The number of hydrogen-bond acceptors (Lipinski definition) is 6. The number of hydrogen-bond donors (Lipinski definition) is 0. The third-order valence-corrected chi connectivity index (χ3v) is 16.1. The van der Waals surface area contributed by atoms with Crippen LogP contribution in [-0.2, 0) is 40.3 Å². The van der Waals surface area contributed by atoms with Gasteiger partial charge >= 0.3 is 5.97 Å². The molecule has 5 aromatic rings. The zero-order valence-corrected chi connectivity index (χ0v) is 34.9. The summed E-state index contributed by atoms with van der Waals surface area (Å²) in [5, 5.41) is 8.44. The molecular weight excluding hydrogens is 721 g/mol. The van der Waals surface area contributed by atoms with Crippen LogP contribution in [0.2, 0.25) is 23.2 Å². The molecule has 0 fully saturated rings. The second-order valence-electron chi connectivity index (χ2n) is 15.7. The maximum Gasteiger partial charge on any atom is 0.355 e. The fourth-order valence-corrected chi connectivity index (χ4v) is 8.75. The second-order valence-corrected chi connectivity index (χ2v) is 21.0. The minimum Gasteiger partial charge on any atom is -0.493 e. The Balaban J connectivity index is 1.43. The van der Waals surface area contributed by atoms with Crippen molar-refractivity contribution < 1.29 is 27.8 Å². The Morgan fingerprint density at radius 1 is 1.06 bits per heavy atom. The Labute approximate surface area is 325 Å². The van der Waals surface area contributed by atoms with Crippen LogP contribution in [0, 0.1) is 5.82 Å². The summed E-state index contributed by atoms with van der Waals surface area (Å²) in [6.07, 6.45) is 3.92. The predicted octanol–water partition coefficient (Wildman–Crippen LogP) is 11.0. The molecule has 0 amide bonds. The molecule has 0 spiro atoms. The van der Waals surface area contributed by atoms with Crippen LogP contribution >= 0.6 is 11.6 Å². The van der Waals surface area contributed by atoms with Crippen molar-refractivity contribution in [1.82, 2.24) is 14.3 Å². The van der Waals surface area contributed by atoms with Crippen molar-refractivity contribution in [3.05, 3.63) is 82.0 Å². The van der Waals surface area contributed by atoms with E-state index in [2.05, 4.69) is 45.4 Å². The lowest BCUT2D eigenvalue weighted by atomic mass is 9.95. The topological polar surface area (TPSA) is 76.7 Å². The van der Waals surface area contributed by atoms with Crippen LogP contribution in [0.25, 0.3) is 32.8 Å². The van der Waals surface area contributed by atoms with Crippen LogP contribution < -0.4 is 4.74 Å². The Morgan fingerprint density at radius 3 is 2.57 bits per heavy atom. The lowest BCUT2D eigenvalue weighted by molar-refractivity contribution is 0.0307. The summed E-state index contributed by atoms with van der Waals surface area (Å²) in [4.78, 5) is 14.0. The molecule has 3 aromatic carbocycles. The minimum atomic E-state index is -1.98. The second kappa shape index (κ2) is 16.6. The maximum atomic E-state index is 14.0. The summed E-state index contributed by atoms with van der Waals surface area (Å²) in [6.45, 7) is 17.7. The van der Waals surface area contributed by atoms with E-state index in [-0.39, 0.29) is 29.5 Å². The van der Waals surface area contributed by atoms with E-state index in [1.165, 1.54) is 12.1 Å². The number of rotatable bonds is 12. The first-order valence-electron chi connectivity index (χ1n) is 19.4. The van der Waals surface area contributed by atoms with Crippen molar-refractivity contribution in [3.63, 3.8) is 0 Å². The molecular formula is C43H55ClFN3O5Si. The third-order valence-electron chi connectivity index (χ3n) is 11.2. The first-order valence-corrected chi connectivity index (χ1v) is 22.7. The highest BCUT2D eigenvalue weighted by Crippen LogP contribution is 2.45. The maximum absolute atomic E-state index is 14.0. The van der Waals surface area contributed by atoms with Gasteiger partial charge in [0.05, 0.1) is 29.4 Å². The highest BCUT2D eigenvalue weighted by molar-refractivity contribution is 6.74. The number of aromatic nitrogens is 3. The number of carbonyl (C=O) groups excluding carboxylic acids is 1. The Morgan fingerprint density at radius 2 is 1.83 bits per heavy atom. The van der Waals surface area contributed by atoms with E-state index < -0.39 is 8.32 Å². The van der Waals surface area contributed by atoms with E-state index in [1.807, 2.05) is 49.0 Å². The van der Waals surface area contributed by atoms with Gasteiger partial charge in [-0.3, -0.25) is 4.68 Å². The van der Waals surface area contributed by atoms with Gasteiger partial charge in [-0.2, -0.15) is 5.10 Å². The average Bonchev–Trinajstić information content (AvgIpc) is 3.60. The summed E-state index contributed by atoms with van der Waals surface area (Å²) >= 11 is 7.28. The van der Waals surface area contributed by atoms with Crippen LogP contribution in [0.5, 0.6) is 5.75 Å². The fourth-order valence-electron chi connectivity index (χ4n) is 7.44. The quantitative estimate of drug-likeness (QED) is 0.0713. The molecule has 1 aliphatic heterocycles. The molecule has 1 atom stereocenters. The standard InChI is InChI=1S/C43H55ClFN3O5Si/c1-9-34-38-37-33(44)21-20-32-31(16-14-25-51-35-17-13-15-28-27-29(45)18-19-30(28)35)41(42(49)50-10-2)48(40(32)37)23-11-12-24-52-36(39(38)46-47(34)6)22-26-53-54(7,8)43(3,4)5/h13,15,17-21,27,36H,9-12,14,16,22-26H2,1-8H3. The first-order chi connectivity index (χ1) is 25.8. The lowest BCUT2D eigenvalue weighted by Gasteiger charge is -2.36. The summed E-state index contributed by atoms with van der Waals surface area (Å²) in [5.41, 5.74) is 6.12. The van der Waals surface area contributed by atoms with Crippen molar-refractivity contribution in [2.24, 2.45) is 7.05 Å². The molecule has 1 aliphatic rings. The van der Waals surface area contributed by atoms with Crippen molar-refractivity contribution in [2.75, 3.05) is 26.4 Å². The van der Waals surface area contributed by atoms with Gasteiger partial charge in [0.2, 0.25) is 0 Å². The normalized spacial score (nSPS) is 15.3. The molecule has 11 heteroatoms. The third kappa shape index (κ3) is 7.99. The molecule has 0 aliphatic carbocycles. The van der Waals surface area contributed by atoms with Crippen LogP contribution in [0.3, 0.4) is 0 Å². The Hall–Kier alpha value is -3.70. The van der Waals surface area contributed by atoms with E-state index in [4.69, 9.17) is 35.3 Å². The van der Waals surface area contributed by atoms with E-state index in [0.29, 0.717) is 62.1 Å². The lowest BCUT2D eigenvalue weighted by Crippen LogP contribution is -2.41. The monoisotopic (exact) mass is 775 g/mol. The Bertz CT molecular complexity index is 2140. The number of aryl methyl sites for hydroxylation is 3. The number of nitrogens with zero attached hydrogens (tertiary/aromatic N) is 3. The molecule has 290 valence electrons. The molecule has 0 saturated heterocycles. The van der Waals surface area contributed by atoms with Crippen molar-refractivity contribution >= 4 is 47.6 Å². The summed E-state index contributed by atoms with van der Waals surface area (Å²) in [7, 11) is 0.00310. The van der Waals surface area contributed by atoms with Gasteiger partial charge in [-0.25, -0.2) is 9.18 Å². The van der Waals surface area contributed by atoms with E-state index >= 15 is 0 Å². The zero-order valence-electron chi connectivity index (χ0n) is 33.1. The van der Waals surface area contributed by atoms with Crippen LogP contribution in [-0.4, -0.2) is 55.1 Å². The molecule has 3 heterocycles. The van der Waals surface area contributed by atoms with Gasteiger partial charge in [-0.15, -0.1) is 0 Å². The van der Waals surface area contributed by atoms with Crippen molar-refractivity contribution in [3.8, 4) is 16.9 Å². The number of carbonyl (C=O) groups is 1. The molecule has 1 unspecified atom stereocenters. The van der Waals surface area contributed by atoms with E-state index in [1.54, 1.807) is 6.07 Å². The molecule has 0 bridgehead atoms. The summed E-state index contributed by atoms with van der Waals surface area (Å²) < 4.78 is 43.4. The van der Waals surface area contributed by atoms with Crippen molar-refractivity contribution in [1.29, 1.82) is 0 Å². The van der Waals surface area contributed by atoms with Gasteiger partial charge in [0.15, 0.2) is 8.32 Å². The average molecular weight is 776 g/mol. The molecule has 54 heavy (non-hydrogen) atoms. The molecule has 0 radical (unpaired) electrons. The largest absolute Gasteiger partial charge is 0.493 e. The summed E-state index contributed by atoms with van der Waals surface area (Å²) in [6, 6.07) is 14.4. The smallest absolute Gasteiger partial charge is 0.355 e. The Kier molecular flexibility index (Phi) is 12.3. The van der Waals surface area contributed by atoms with Gasteiger partial charge < -0.3 is 23.2 Å². The number of esters is 1. The van der Waals surface area contributed by atoms with Gasteiger partial charge in [-0.1, -0.05) is 57.5 Å². The van der Waals surface area contributed by atoms with E-state index in [0.717, 1.165) is 69.0 Å². The predicted molar refractivity (Wildman–Crippen MR) is 218 cm³/mol. The number of halogens is 2. The number of fused-ring (bicyclic) bond motifs is 3. The highest BCUT2D eigenvalue weighted by Gasteiger charge is 2.38. The fraction of sp³-hybridized carbons (Fsp3) is 0.488.